The van der Waals surface area contributed by atoms with Crippen molar-refractivity contribution in [1.82, 2.24) is 0 Å². The maximum atomic E-state index is 10.0. The van der Waals surface area contributed by atoms with E-state index in [9.17, 15) is 9.59 Å². The Morgan fingerprint density at radius 2 is 1.79 bits per heavy atom. The van der Waals surface area contributed by atoms with Crippen LogP contribution >= 0.6 is 11.8 Å². The van der Waals surface area contributed by atoms with Gasteiger partial charge in [-0.25, -0.2) is 0 Å². The molecule has 0 amide bonds. The third kappa shape index (κ3) is 4.11. The van der Waals surface area contributed by atoms with Gasteiger partial charge >= 0.3 is 0 Å². The first-order valence-electron chi connectivity index (χ1n) is 9.06. The number of ketones is 2. The Kier molecular flexibility index (Phi) is 6.47. The van der Waals surface area contributed by atoms with E-state index < -0.39 is 0 Å². The molecule has 1 radical (unpaired) electrons. The molecule has 5 rings (SSSR count). The van der Waals surface area contributed by atoms with E-state index in [4.69, 9.17) is 0 Å². The van der Waals surface area contributed by atoms with E-state index in [0.717, 1.165) is 5.69 Å². The van der Waals surface area contributed by atoms with E-state index in [0.29, 0.717) is 0 Å². The molecule has 3 aromatic rings. The minimum Gasteiger partial charge on any atom is -0.504 e. The van der Waals surface area contributed by atoms with Crippen LogP contribution < -0.4 is 9.80 Å². The number of carbonyl (C=O) groups excluding carboxylic acids is 2. The summed E-state index contributed by atoms with van der Waals surface area (Å²) in [5.41, 5.74) is 3.69. The van der Waals surface area contributed by atoms with Gasteiger partial charge in [-0.3, -0.25) is 9.59 Å². The summed E-state index contributed by atoms with van der Waals surface area (Å²) in [6, 6.07) is 20.6. The molecule has 0 N–H and O–H groups in total. The van der Waals surface area contributed by atoms with Crippen LogP contribution in [0.1, 0.15) is 20.3 Å². The average Bonchev–Trinajstić information content (AvgIpc) is 3.00. The first-order valence-corrected chi connectivity index (χ1v) is 9.87. The molecule has 0 atom stereocenters. The van der Waals surface area contributed by atoms with Gasteiger partial charge in [-0.2, -0.15) is 30.6 Å². The number of fused-ring (bicyclic) bond motifs is 4. The SMILES string of the molecule is CC(=O)CC(C)=O.CN1[CH-]N2c3[c-]cc4ccccc4c3Sc3cccc1c32.[Ir]. The minimum absolute atomic E-state index is 0. The van der Waals surface area contributed by atoms with E-state index >= 15 is 0 Å². The molecule has 0 aliphatic carbocycles. The molecule has 29 heavy (non-hydrogen) atoms. The van der Waals surface area contributed by atoms with Crippen LogP contribution in [-0.4, -0.2) is 18.6 Å². The fourth-order valence-corrected chi connectivity index (χ4v) is 4.71. The molecule has 4 nitrogen and oxygen atoms in total. The van der Waals surface area contributed by atoms with E-state index in [1.807, 2.05) is 11.8 Å². The van der Waals surface area contributed by atoms with Crippen LogP contribution in [0.3, 0.4) is 0 Å². The zero-order chi connectivity index (χ0) is 19.8. The summed E-state index contributed by atoms with van der Waals surface area (Å²) in [6.45, 7) is 4.96. The summed E-state index contributed by atoms with van der Waals surface area (Å²) >= 11 is 1.85. The molecule has 6 heteroatoms. The first-order chi connectivity index (χ1) is 13.5. The fraction of sp³-hybridized carbons (Fsp3) is 0.174. The number of hydrogen-bond donors (Lipinski definition) is 0. The number of benzene rings is 3. The molecule has 0 aromatic heterocycles. The summed E-state index contributed by atoms with van der Waals surface area (Å²) in [5.74, 6) is -0.125. The second-order valence-corrected chi connectivity index (χ2v) is 8.01. The van der Waals surface area contributed by atoms with Crippen molar-refractivity contribution in [3.8, 4) is 0 Å². The van der Waals surface area contributed by atoms with Gasteiger partial charge in [0.2, 0.25) is 0 Å². The molecule has 2 aliphatic rings. The molecule has 0 fully saturated rings. The van der Waals surface area contributed by atoms with Crippen molar-refractivity contribution < 1.29 is 29.7 Å². The summed E-state index contributed by atoms with van der Waals surface area (Å²) in [6.07, 6.45) is 0.0833. The smallest absolute Gasteiger partial charge is 0.137 e. The van der Waals surface area contributed by atoms with Crippen LogP contribution in [0.15, 0.2) is 58.3 Å². The van der Waals surface area contributed by atoms with Crippen LogP contribution in [0.4, 0.5) is 17.1 Å². The molecule has 0 saturated carbocycles. The van der Waals surface area contributed by atoms with E-state index in [2.05, 4.69) is 78.1 Å². The number of Topliss-reactive ketones (excluding diaryl/α,β-unsaturated/α-hetero) is 2. The standard InChI is InChI=1S/C18H12N2S.C5H8O2.Ir/c1-19-11-20-15-10-9-12-5-2-3-6-13(12)18(15)21-16-8-4-7-14(19)17(16)20;1-4(6)3-5(2)7;/h2-9,11H,1H3;3H2,1-2H3;/q-2;;. The number of nitrogens with zero attached hydrogens (tertiary/aromatic N) is 2. The van der Waals surface area contributed by atoms with Gasteiger partial charge in [0.05, 0.1) is 6.42 Å². The van der Waals surface area contributed by atoms with E-state index in [1.54, 1.807) is 0 Å². The zero-order valence-corrected chi connectivity index (χ0v) is 19.6. The third-order valence-electron chi connectivity index (χ3n) is 4.62. The van der Waals surface area contributed by atoms with Gasteiger partial charge in [0.25, 0.3) is 0 Å². The third-order valence-corrected chi connectivity index (χ3v) is 5.79. The van der Waals surface area contributed by atoms with Crippen molar-refractivity contribution in [3.05, 3.63) is 61.3 Å². The summed E-state index contributed by atoms with van der Waals surface area (Å²) in [5, 5.41) is 2.55. The van der Waals surface area contributed by atoms with Gasteiger partial charge in [-0.1, -0.05) is 34.8 Å². The Bertz CT molecular complexity index is 1090. The number of para-hydroxylation sites is 1. The van der Waals surface area contributed by atoms with Gasteiger partial charge < -0.3 is 9.80 Å². The molecule has 0 saturated heterocycles. The van der Waals surface area contributed by atoms with Gasteiger partial charge in [-0.15, -0.1) is 16.8 Å². The maximum Gasteiger partial charge on any atom is 0.137 e. The maximum absolute atomic E-state index is 10.0. The van der Waals surface area contributed by atoms with Crippen molar-refractivity contribution in [2.45, 2.75) is 30.1 Å². The van der Waals surface area contributed by atoms with Gasteiger partial charge in [0.1, 0.15) is 11.6 Å². The van der Waals surface area contributed by atoms with Crippen molar-refractivity contribution in [2.75, 3.05) is 16.8 Å². The first kappa shape index (κ1) is 21.6. The van der Waals surface area contributed by atoms with Gasteiger partial charge in [0, 0.05) is 36.4 Å². The molecule has 0 unspecified atom stereocenters. The molecule has 0 spiro atoms. The fourth-order valence-electron chi connectivity index (χ4n) is 3.49. The molecule has 0 bridgehead atoms. The predicted octanol–water partition coefficient (Wildman–Crippen LogP) is 5.36. The van der Waals surface area contributed by atoms with Crippen LogP contribution in [-0.2, 0) is 29.7 Å². The second-order valence-electron chi connectivity index (χ2n) is 6.96. The van der Waals surface area contributed by atoms with E-state index in [-0.39, 0.29) is 38.1 Å². The topological polar surface area (TPSA) is 40.6 Å². The molecule has 2 aliphatic heterocycles. The molecule has 2 heterocycles. The molecular formula is C23H20IrN2O2S-2. The Morgan fingerprint density at radius 3 is 2.48 bits per heavy atom. The summed E-state index contributed by atoms with van der Waals surface area (Å²) in [7, 11) is 2.10. The van der Waals surface area contributed by atoms with Crippen LogP contribution in [0.5, 0.6) is 0 Å². The van der Waals surface area contributed by atoms with Crippen LogP contribution in [0.2, 0.25) is 0 Å². The van der Waals surface area contributed by atoms with Crippen LogP contribution in [0.25, 0.3) is 10.8 Å². The largest absolute Gasteiger partial charge is 0.504 e. The number of hydrogen-bond acceptors (Lipinski definition) is 5. The quantitative estimate of drug-likeness (QED) is 0.302. The summed E-state index contributed by atoms with van der Waals surface area (Å²) < 4.78 is 0. The molecule has 3 aromatic carbocycles. The van der Waals surface area contributed by atoms with Crippen molar-refractivity contribution in [1.29, 1.82) is 0 Å². The van der Waals surface area contributed by atoms with Crippen molar-refractivity contribution >= 4 is 51.2 Å². The van der Waals surface area contributed by atoms with Gasteiger partial charge in [-0.05, 0) is 33.0 Å². The second kappa shape index (κ2) is 8.70. The Balaban J connectivity index is 0.000000263. The Morgan fingerprint density at radius 1 is 1.07 bits per heavy atom. The zero-order valence-electron chi connectivity index (χ0n) is 16.4. The molecular weight excluding hydrogens is 561 g/mol. The number of rotatable bonds is 2. The minimum atomic E-state index is -0.0625. The van der Waals surface area contributed by atoms with Crippen LogP contribution in [0, 0.1) is 12.7 Å². The summed E-state index contributed by atoms with van der Waals surface area (Å²) in [4.78, 5) is 27.1. The van der Waals surface area contributed by atoms with Crippen molar-refractivity contribution in [3.63, 3.8) is 0 Å². The predicted molar refractivity (Wildman–Crippen MR) is 114 cm³/mol. The Labute approximate surface area is 188 Å². The average molecular weight is 581 g/mol. The van der Waals surface area contributed by atoms with E-state index in [1.165, 1.54) is 45.8 Å². The normalized spacial score (nSPS) is 13.1. The van der Waals surface area contributed by atoms with Gasteiger partial charge in [0.15, 0.2) is 0 Å². The monoisotopic (exact) mass is 581 g/mol. The molecule has 151 valence electrons. The number of carbonyl (C=O) groups is 2. The number of anilines is 3. The van der Waals surface area contributed by atoms with Crippen molar-refractivity contribution in [2.24, 2.45) is 0 Å². The Hall–Kier alpha value is -2.14.